The summed E-state index contributed by atoms with van der Waals surface area (Å²) in [6.45, 7) is 6.96. The predicted octanol–water partition coefficient (Wildman–Crippen LogP) is 3.93. The summed E-state index contributed by atoms with van der Waals surface area (Å²) in [5, 5.41) is 0.462. The zero-order valence-corrected chi connectivity index (χ0v) is 20.2. The molecule has 1 unspecified atom stereocenters. The number of rotatable bonds is 4. The fourth-order valence-electron chi connectivity index (χ4n) is 4.29. The number of piperazine rings is 1. The van der Waals surface area contributed by atoms with Crippen LogP contribution in [0.4, 0.5) is 22.0 Å². The van der Waals surface area contributed by atoms with Crippen molar-refractivity contribution in [1.82, 2.24) is 19.9 Å². The molecule has 1 atom stereocenters. The van der Waals surface area contributed by atoms with Crippen LogP contribution in [0.3, 0.4) is 0 Å². The van der Waals surface area contributed by atoms with Crippen LogP contribution in [0.2, 0.25) is 10.2 Å². The first-order valence-electron chi connectivity index (χ1n) is 11.1. The van der Waals surface area contributed by atoms with Gasteiger partial charge in [-0.05, 0) is 25.1 Å². The monoisotopic (exact) mass is 503 g/mol. The van der Waals surface area contributed by atoms with Crippen LogP contribution in [0.1, 0.15) is 6.92 Å². The van der Waals surface area contributed by atoms with Crippen molar-refractivity contribution in [2.24, 2.45) is 0 Å². The Morgan fingerprint density at radius 1 is 0.971 bits per heavy atom. The molecule has 0 saturated carbocycles. The summed E-state index contributed by atoms with van der Waals surface area (Å²) in [6, 6.07) is 6.72. The Balaban J connectivity index is 1.47. The maximum Gasteiger partial charge on any atom is 0.228 e. The highest BCUT2D eigenvalue weighted by molar-refractivity contribution is 6.31. The largest absolute Gasteiger partial charge is 0.378 e. The Labute approximate surface area is 207 Å². The van der Waals surface area contributed by atoms with Gasteiger partial charge in [0.1, 0.15) is 11.6 Å². The number of ether oxygens (including phenoxy) is 1. The molecular formula is C23H24Cl2FN7O. The smallest absolute Gasteiger partial charge is 0.228 e. The van der Waals surface area contributed by atoms with E-state index >= 15 is 0 Å². The Kier molecular flexibility index (Phi) is 6.67. The van der Waals surface area contributed by atoms with Gasteiger partial charge in [-0.2, -0.15) is 4.98 Å². The number of nitrogens with zero attached hydrogens (tertiary/aromatic N) is 7. The lowest BCUT2D eigenvalue weighted by Gasteiger charge is -2.41. The molecular weight excluding hydrogens is 480 g/mol. The topological polar surface area (TPSA) is 70.5 Å². The van der Waals surface area contributed by atoms with E-state index in [2.05, 4.69) is 31.6 Å². The van der Waals surface area contributed by atoms with Gasteiger partial charge in [-0.3, -0.25) is 0 Å². The second kappa shape index (κ2) is 9.85. The van der Waals surface area contributed by atoms with Crippen molar-refractivity contribution >= 4 is 40.8 Å². The lowest BCUT2D eigenvalue weighted by molar-refractivity contribution is 0.122. The van der Waals surface area contributed by atoms with Crippen LogP contribution < -0.4 is 14.7 Å². The Morgan fingerprint density at radius 2 is 1.76 bits per heavy atom. The van der Waals surface area contributed by atoms with Crippen molar-refractivity contribution in [3.05, 3.63) is 52.7 Å². The molecule has 2 aromatic heterocycles. The highest BCUT2D eigenvalue weighted by Gasteiger charge is 2.28. The van der Waals surface area contributed by atoms with Gasteiger partial charge in [0.05, 0.1) is 23.9 Å². The van der Waals surface area contributed by atoms with Crippen molar-refractivity contribution < 1.29 is 9.13 Å². The Morgan fingerprint density at radius 3 is 2.50 bits per heavy atom. The number of benzene rings is 1. The van der Waals surface area contributed by atoms with Crippen molar-refractivity contribution in [2.45, 2.75) is 13.0 Å². The average molecular weight is 504 g/mol. The van der Waals surface area contributed by atoms with Crippen LogP contribution in [0, 0.1) is 5.82 Å². The molecule has 34 heavy (non-hydrogen) atoms. The van der Waals surface area contributed by atoms with Gasteiger partial charge in [0.15, 0.2) is 11.0 Å². The molecule has 5 rings (SSSR count). The molecule has 2 aliphatic heterocycles. The molecule has 8 nitrogen and oxygen atoms in total. The molecule has 1 aromatic carbocycles. The van der Waals surface area contributed by atoms with E-state index in [1.165, 1.54) is 6.07 Å². The van der Waals surface area contributed by atoms with Gasteiger partial charge in [0.25, 0.3) is 0 Å². The van der Waals surface area contributed by atoms with Gasteiger partial charge < -0.3 is 19.4 Å². The number of hydrogen-bond acceptors (Lipinski definition) is 8. The van der Waals surface area contributed by atoms with E-state index in [9.17, 15) is 4.39 Å². The zero-order valence-electron chi connectivity index (χ0n) is 18.7. The van der Waals surface area contributed by atoms with Gasteiger partial charge in [0, 0.05) is 62.8 Å². The van der Waals surface area contributed by atoms with E-state index in [0.717, 1.165) is 24.5 Å². The molecule has 2 saturated heterocycles. The molecule has 2 aliphatic rings. The zero-order chi connectivity index (χ0) is 23.7. The molecule has 0 spiro atoms. The quantitative estimate of drug-likeness (QED) is 0.530. The summed E-state index contributed by atoms with van der Waals surface area (Å²) in [7, 11) is 0. The van der Waals surface area contributed by atoms with Gasteiger partial charge in [-0.1, -0.05) is 23.2 Å². The summed E-state index contributed by atoms with van der Waals surface area (Å²) < 4.78 is 19.3. The highest BCUT2D eigenvalue weighted by Crippen LogP contribution is 2.31. The number of aromatic nitrogens is 4. The lowest BCUT2D eigenvalue weighted by atomic mass is 10.1. The van der Waals surface area contributed by atoms with Crippen molar-refractivity contribution in [3.8, 4) is 11.3 Å². The molecule has 178 valence electrons. The van der Waals surface area contributed by atoms with Crippen LogP contribution in [0.5, 0.6) is 0 Å². The molecule has 2 fully saturated rings. The highest BCUT2D eigenvalue weighted by atomic mass is 35.5. The first-order valence-corrected chi connectivity index (χ1v) is 11.9. The molecule has 0 amide bonds. The third-order valence-corrected chi connectivity index (χ3v) is 6.62. The lowest BCUT2D eigenvalue weighted by Crippen LogP contribution is -2.53. The van der Waals surface area contributed by atoms with E-state index in [4.69, 9.17) is 37.9 Å². The van der Waals surface area contributed by atoms with Crippen molar-refractivity contribution in [3.63, 3.8) is 0 Å². The third-order valence-electron chi connectivity index (χ3n) is 6.07. The third kappa shape index (κ3) is 4.73. The van der Waals surface area contributed by atoms with E-state index < -0.39 is 5.82 Å². The summed E-state index contributed by atoms with van der Waals surface area (Å²) in [5.74, 6) is 1.67. The molecule has 0 N–H and O–H groups in total. The van der Waals surface area contributed by atoms with Crippen LogP contribution in [0.25, 0.3) is 11.3 Å². The average Bonchev–Trinajstić information content (AvgIpc) is 2.86. The van der Waals surface area contributed by atoms with E-state index in [1.807, 2.05) is 6.07 Å². The number of hydrogen-bond donors (Lipinski definition) is 0. The van der Waals surface area contributed by atoms with E-state index in [1.54, 1.807) is 24.5 Å². The van der Waals surface area contributed by atoms with Crippen molar-refractivity contribution in [2.75, 3.05) is 60.6 Å². The summed E-state index contributed by atoms with van der Waals surface area (Å²) in [4.78, 5) is 24.8. The van der Waals surface area contributed by atoms with Gasteiger partial charge >= 0.3 is 0 Å². The first kappa shape index (κ1) is 23.0. The molecule has 0 bridgehead atoms. The maximum atomic E-state index is 13.8. The summed E-state index contributed by atoms with van der Waals surface area (Å²) in [5.41, 5.74) is 1.43. The van der Waals surface area contributed by atoms with Crippen LogP contribution in [-0.4, -0.2) is 71.9 Å². The summed E-state index contributed by atoms with van der Waals surface area (Å²) in [6.07, 6.45) is 3.24. The first-order chi connectivity index (χ1) is 16.5. The van der Waals surface area contributed by atoms with Crippen LogP contribution >= 0.6 is 23.2 Å². The minimum absolute atomic E-state index is 0.0633. The van der Waals surface area contributed by atoms with Crippen LogP contribution in [0.15, 0.2) is 36.7 Å². The van der Waals surface area contributed by atoms with Crippen LogP contribution in [-0.2, 0) is 4.74 Å². The SMILES string of the molecule is CC1CN(c2nccnc2Cl)CCN1c1cc(-c2ccc(F)c(Cl)c2)nc(N2CCOCC2)n1. The Hall–Kier alpha value is -2.75. The van der Waals surface area contributed by atoms with E-state index in [-0.39, 0.29) is 11.1 Å². The second-order valence-electron chi connectivity index (χ2n) is 8.30. The standard InChI is InChI=1S/C23H24Cl2FN7O/c1-15-14-32(22-21(25)27-4-5-28-22)6-7-33(15)20-13-19(16-2-3-18(26)17(24)12-16)29-23(30-20)31-8-10-34-11-9-31/h2-5,12-13,15H,6-11,14H2,1H3. The normalized spacial score (nSPS) is 18.9. The number of morpholine rings is 1. The minimum Gasteiger partial charge on any atom is -0.378 e. The minimum atomic E-state index is -0.458. The fraction of sp³-hybridized carbons (Fsp3) is 0.391. The Bertz CT molecular complexity index is 1180. The molecule has 3 aromatic rings. The van der Waals surface area contributed by atoms with Crippen molar-refractivity contribution in [1.29, 1.82) is 0 Å². The number of anilines is 3. The predicted molar refractivity (Wildman–Crippen MR) is 132 cm³/mol. The maximum absolute atomic E-state index is 13.8. The van der Waals surface area contributed by atoms with E-state index in [0.29, 0.717) is 55.5 Å². The second-order valence-corrected chi connectivity index (χ2v) is 9.06. The molecule has 11 heteroatoms. The van der Waals surface area contributed by atoms with Gasteiger partial charge in [-0.15, -0.1) is 0 Å². The van der Waals surface area contributed by atoms with Gasteiger partial charge in [-0.25, -0.2) is 19.3 Å². The molecule has 4 heterocycles. The number of halogens is 3. The molecule has 0 aliphatic carbocycles. The van der Waals surface area contributed by atoms with Gasteiger partial charge in [0.2, 0.25) is 5.95 Å². The fourth-order valence-corrected chi connectivity index (χ4v) is 4.70. The molecule has 0 radical (unpaired) electrons. The summed E-state index contributed by atoms with van der Waals surface area (Å²) >= 11 is 12.3.